The number of fused-ring (bicyclic) bond motifs is 1. The number of aromatic nitrogens is 1. The summed E-state index contributed by atoms with van der Waals surface area (Å²) < 4.78 is 2.22. The summed E-state index contributed by atoms with van der Waals surface area (Å²) >= 11 is 0. The second-order valence-electron chi connectivity index (χ2n) is 9.28. The van der Waals surface area contributed by atoms with Gasteiger partial charge in [-0.05, 0) is 45.4 Å². The first-order chi connectivity index (χ1) is 13.6. The molecule has 0 N–H and O–H groups in total. The van der Waals surface area contributed by atoms with Crippen molar-refractivity contribution in [2.45, 2.75) is 59.7 Å². The fraction of sp³-hybridized carbons (Fsp3) is 0.500. The molecule has 5 nitrogen and oxygen atoms in total. The maximum Gasteiger partial charge on any atom is 0.243 e. The van der Waals surface area contributed by atoms with Crippen LogP contribution in [0.15, 0.2) is 42.6 Å². The maximum atomic E-state index is 13.5. The summed E-state index contributed by atoms with van der Waals surface area (Å²) in [4.78, 5) is 30.0. The molecule has 0 fully saturated rings. The normalized spacial score (nSPS) is 16.7. The third-order valence-electron chi connectivity index (χ3n) is 5.61. The number of hydrogen-bond acceptors (Lipinski definition) is 2. The molecule has 1 aromatic carbocycles. The number of rotatable bonds is 4. The van der Waals surface area contributed by atoms with Gasteiger partial charge in [0, 0.05) is 36.4 Å². The SMILES string of the molecule is Cc1ccc(C2c3cccn3CCN2C(=O)CN(C(=O)C(C)C)C(C)(C)C)cc1. The van der Waals surface area contributed by atoms with Crippen molar-refractivity contribution in [2.24, 2.45) is 5.92 Å². The molecule has 29 heavy (non-hydrogen) atoms. The van der Waals surface area contributed by atoms with Crippen LogP contribution in [0.3, 0.4) is 0 Å². The maximum absolute atomic E-state index is 13.5. The van der Waals surface area contributed by atoms with Crippen LogP contribution in [0.4, 0.5) is 0 Å². The van der Waals surface area contributed by atoms with E-state index in [0.29, 0.717) is 6.54 Å². The van der Waals surface area contributed by atoms with Crippen molar-refractivity contribution in [3.63, 3.8) is 0 Å². The number of aryl methyl sites for hydroxylation is 1. The third-order valence-corrected chi connectivity index (χ3v) is 5.61. The van der Waals surface area contributed by atoms with Crippen molar-refractivity contribution in [3.05, 3.63) is 59.4 Å². The lowest BCUT2D eigenvalue weighted by molar-refractivity contribution is -0.148. The van der Waals surface area contributed by atoms with Gasteiger partial charge in [-0.25, -0.2) is 0 Å². The van der Waals surface area contributed by atoms with Gasteiger partial charge >= 0.3 is 0 Å². The Labute approximate surface area is 174 Å². The van der Waals surface area contributed by atoms with Gasteiger partial charge in [0.25, 0.3) is 0 Å². The van der Waals surface area contributed by atoms with Crippen molar-refractivity contribution in [1.29, 1.82) is 0 Å². The van der Waals surface area contributed by atoms with E-state index in [1.807, 2.05) is 45.6 Å². The number of benzene rings is 1. The van der Waals surface area contributed by atoms with Gasteiger partial charge in [0.2, 0.25) is 11.8 Å². The topological polar surface area (TPSA) is 45.6 Å². The highest BCUT2D eigenvalue weighted by Crippen LogP contribution is 2.33. The molecule has 1 aromatic heterocycles. The zero-order valence-corrected chi connectivity index (χ0v) is 18.5. The molecule has 0 radical (unpaired) electrons. The molecule has 1 aliphatic rings. The number of hydrogen-bond donors (Lipinski definition) is 0. The summed E-state index contributed by atoms with van der Waals surface area (Å²) in [6.07, 6.45) is 2.07. The van der Waals surface area contributed by atoms with E-state index in [9.17, 15) is 9.59 Å². The molecule has 156 valence electrons. The van der Waals surface area contributed by atoms with Crippen molar-refractivity contribution in [2.75, 3.05) is 13.1 Å². The fourth-order valence-corrected chi connectivity index (χ4v) is 3.93. The molecule has 5 heteroatoms. The molecule has 2 heterocycles. The van der Waals surface area contributed by atoms with Crippen molar-refractivity contribution >= 4 is 11.8 Å². The largest absolute Gasteiger partial charge is 0.348 e. The average Bonchev–Trinajstić information content (AvgIpc) is 3.13. The van der Waals surface area contributed by atoms with Gasteiger partial charge in [-0.2, -0.15) is 0 Å². The number of amides is 2. The molecule has 0 bridgehead atoms. The summed E-state index contributed by atoms with van der Waals surface area (Å²) in [6, 6.07) is 12.4. The van der Waals surface area contributed by atoms with Crippen molar-refractivity contribution in [1.82, 2.24) is 14.4 Å². The Bertz CT molecular complexity index is 874. The van der Waals surface area contributed by atoms with Crippen LogP contribution in [-0.4, -0.2) is 44.8 Å². The Morgan fingerprint density at radius 1 is 1.10 bits per heavy atom. The van der Waals surface area contributed by atoms with E-state index < -0.39 is 5.54 Å². The molecule has 3 rings (SSSR count). The van der Waals surface area contributed by atoms with Crippen LogP contribution in [-0.2, 0) is 16.1 Å². The summed E-state index contributed by atoms with van der Waals surface area (Å²) in [5.41, 5.74) is 3.00. The highest BCUT2D eigenvalue weighted by atomic mass is 16.2. The van der Waals surface area contributed by atoms with E-state index in [4.69, 9.17) is 0 Å². The summed E-state index contributed by atoms with van der Waals surface area (Å²) in [6.45, 7) is 13.3. The van der Waals surface area contributed by atoms with Gasteiger partial charge in [-0.1, -0.05) is 43.7 Å². The minimum atomic E-state index is -0.410. The minimum absolute atomic E-state index is 0.00745. The lowest BCUT2D eigenvalue weighted by atomic mass is 9.98. The molecular formula is C24H33N3O2. The van der Waals surface area contributed by atoms with E-state index in [-0.39, 0.29) is 30.3 Å². The van der Waals surface area contributed by atoms with Gasteiger partial charge in [-0.15, -0.1) is 0 Å². The molecule has 1 atom stereocenters. The van der Waals surface area contributed by atoms with Crippen molar-refractivity contribution < 1.29 is 9.59 Å². The summed E-state index contributed by atoms with van der Waals surface area (Å²) in [5, 5.41) is 0. The van der Waals surface area contributed by atoms with E-state index in [1.54, 1.807) is 4.90 Å². The predicted molar refractivity (Wildman–Crippen MR) is 115 cm³/mol. The number of carbonyl (C=O) groups is 2. The molecule has 2 aromatic rings. The lowest BCUT2D eigenvalue weighted by Gasteiger charge is -2.41. The van der Waals surface area contributed by atoms with Crippen LogP contribution < -0.4 is 0 Å². The molecule has 1 unspecified atom stereocenters. The van der Waals surface area contributed by atoms with E-state index in [0.717, 1.165) is 17.8 Å². The highest BCUT2D eigenvalue weighted by molar-refractivity contribution is 5.86. The van der Waals surface area contributed by atoms with Crippen LogP contribution in [0.2, 0.25) is 0 Å². The number of carbonyl (C=O) groups excluding carboxylic acids is 2. The molecule has 1 aliphatic heterocycles. The molecular weight excluding hydrogens is 362 g/mol. The van der Waals surface area contributed by atoms with Crippen LogP contribution >= 0.6 is 0 Å². The van der Waals surface area contributed by atoms with Gasteiger partial charge < -0.3 is 14.4 Å². The Kier molecular flexibility index (Phi) is 5.87. The van der Waals surface area contributed by atoms with E-state index in [1.165, 1.54) is 5.56 Å². The molecule has 0 spiro atoms. The first-order valence-corrected chi connectivity index (χ1v) is 10.4. The molecule has 0 saturated heterocycles. The molecule has 2 amide bonds. The zero-order chi connectivity index (χ0) is 21.3. The quantitative estimate of drug-likeness (QED) is 0.785. The molecule has 0 aliphatic carbocycles. The predicted octanol–water partition coefficient (Wildman–Crippen LogP) is 4.01. The first kappa shape index (κ1) is 21.2. The van der Waals surface area contributed by atoms with Crippen LogP contribution in [0, 0.1) is 12.8 Å². The van der Waals surface area contributed by atoms with Gasteiger partial charge in [-0.3, -0.25) is 9.59 Å². The zero-order valence-electron chi connectivity index (χ0n) is 18.5. The Morgan fingerprint density at radius 2 is 1.76 bits per heavy atom. The fourth-order valence-electron chi connectivity index (χ4n) is 3.93. The standard InChI is InChI=1S/C24H33N3O2/c1-17(2)23(29)27(24(4,5)6)16-21(28)26-15-14-25-13-7-8-20(25)22(26)19-11-9-18(3)10-12-19/h7-13,17,22H,14-16H2,1-6H3. The van der Waals surface area contributed by atoms with E-state index in [2.05, 4.69) is 48.0 Å². The average molecular weight is 396 g/mol. The smallest absolute Gasteiger partial charge is 0.243 e. The monoisotopic (exact) mass is 395 g/mol. The summed E-state index contributed by atoms with van der Waals surface area (Å²) in [5.74, 6) is -0.140. The second-order valence-corrected chi connectivity index (χ2v) is 9.28. The third kappa shape index (κ3) is 4.39. The van der Waals surface area contributed by atoms with Crippen LogP contribution in [0.5, 0.6) is 0 Å². The summed E-state index contributed by atoms with van der Waals surface area (Å²) in [7, 11) is 0. The van der Waals surface area contributed by atoms with Gasteiger partial charge in [0.1, 0.15) is 6.54 Å². The van der Waals surface area contributed by atoms with Gasteiger partial charge in [0.05, 0.1) is 6.04 Å². The molecule has 0 saturated carbocycles. The second kappa shape index (κ2) is 8.05. The number of nitrogens with zero attached hydrogens (tertiary/aromatic N) is 3. The lowest BCUT2D eigenvalue weighted by Crippen LogP contribution is -2.54. The van der Waals surface area contributed by atoms with Crippen LogP contribution in [0.1, 0.15) is 57.5 Å². The Hall–Kier alpha value is -2.56. The van der Waals surface area contributed by atoms with Crippen LogP contribution in [0.25, 0.3) is 0 Å². The minimum Gasteiger partial charge on any atom is -0.348 e. The Morgan fingerprint density at radius 3 is 2.34 bits per heavy atom. The highest BCUT2D eigenvalue weighted by Gasteiger charge is 2.36. The van der Waals surface area contributed by atoms with Gasteiger partial charge in [0.15, 0.2) is 0 Å². The first-order valence-electron chi connectivity index (χ1n) is 10.4. The van der Waals surface area contributed by atoms with E-state index >= 15 is 0 Å². The Balaban J connectivity index is 1.93. The van der Waals surface area contributed by atoms with Crippen molar-refractivity contribution in [3.8, 4) is 0 Å².